The predicted molar refractivity (Wildman–Crippen MR) is 125 cm³/mol. The number of nitrogens with two attached hydrogens (primary N) is 1. The Morgan fingerprint density at radius 1 is 0.947 bits per heavy atom. The molecule has 2 aliphatic rings. The number of hydrogen-bond donors (Lipinski definition) is 1. The molecule has 0 atom stereocenters. The Hall–Kier alpha value is -3.65. The fraction of sp³-hybridized carbons (Fsp3) is 0.333. The maximum Gasteiger partial charge on any atom is 0.573 e. The van der Waals surface area contributed by atoms with Crippen LogP contribution in [-0.2, 0) is 21.4 Å². The Bertz CT molecular complexity index is 1380. The summed E-state index contributed by atoms with van der Waals surface area (Å²) in [6, 6.07) is 7.87. The zero-order valence-corrected chi connectivity index (χ0v) is 20.6. The van der Waals surface area contributed by atoms with Gasteiger partial charge in [-0.1, -0.05) is 12.1 Å². The molecule has 0 spiro atoms. The van der Waals surface area contributed by atoms with Gasteiger partial charge in [-0.25, -0.2) is 22.7 Å². The Balaban J connectivity index is 1.32. The SMILES string of the molecule is NS(=O)(=O)c1ccc(C(=O)N2CCC3=C(CCN(C(=O)OCc4ccc(OC(F)(F)F)cc4)C3)C2)c(F)c1. The summed E-state index contributed by atoms with van der Waals surface area (Å²) in [6.45, 7) is 1.02. The van der Waals surface area contributed by atoms with E-state index in [0.717, 1.165) is 35.4 Å². The van der Waals surface area contributed by atoms with Crippen LogP contribution in [-0.4, -0.2) is 62.8 Å². The molecule has 204 valence electrons. The first-order chi connectivity index (χ1) is 17.8. The van der Waals surface area contributed by atoms with Gasteiger partial charge in [0.2, 0.25) is 10.0 Å². The molecule has 2 aliphatic heterocycles. The van der Waals surface area contributed by atoms with E-state index < -0.39 is 39.1 Å². The van der Waals surface area contributed by atoms with Gasteiger partial charge in [-0.3, -0.25) is 4.79 Å². The zero-order chi connectivity index (χ0) is 27.7. The molecule has 0 fully saturated rings. The van der Waals surface area contributed by atoms with Crippen molar-refractivity contribution in [1.82, 2.24) is 9.80 Å². The number of benzene rings is 2. The molecule has 0 aliphatic carbocycles. The lowest BCUT2D eigenvalue weighted by molar-refractivity contribution is -0.274. The summed E-state index contributed by atoms with van der Waals surface area (Å²) >= 11 is 0. The quantitative estimate of drug-likeness (QED) is 0.444. The van der Waals surface area contributed by atoms with Gasteiger partial charge in [-0.15, -0.1) is 13.2 Å². The van der Waals surface area contributed by atoms with Gasteiger partial charge in [0.1, 0.15) is 18.2 Å². The number of halogens is 4. The summed E-state index contributed by atoms with van der Waals surface area (Å²) in [5.41, 5.74) is 2.15. The van der Waals surface area contributed by atoms with Crippen molar-refractivity contribution in [1.29, 1.82) is 0 Å². The van der Waals surface area contributed by atoms with Gasteiger partial charge in [0.25, 0.3) is 5.91 Å². The molecule has 0 unspecified atom stereocenters. The van der Waals surface area contributed by atoms with Crippen molar-refractivity contribution in [3.8, 4) is 5.75 Å². The molecule has 0 aromatic heterocycles. The molecule has 14 heteroatoms. The highest BCUT2D eigenvalue weighted by Gasteiger charge is 2.32. The van der Waals surface area contributed by atoms with E-state index in [-0.39, 0.29) is 31.0 Å². The Labute approximate surface area is 215 Å². The van der Waals surface area contributed by atoms with Crippen molar-refractivity contribution in [2.75, 3.05) is 26.2 Å². The van der Waals surface area contributed by atoms with Crippen LogP contribution in [0.3, 0.4) is 0 Å². The third kappa shape index (κ3) is 6.61. The molecule has 2 amide bonds. The number of primary sulfonamides is 1. The Morgan fingerprint density at radius 2 is 1.55 bits per heavy atom. The molecule has 0 bridgehead atoms. The van der Waals surface area contributed by atoms with Gasteiger partial charge in [0.15, 0.2) is 0 Å². The molecule has 2 N–H and O–H groups in total. The predicted octanol–water partition coefficient (Wildman–Crippen LogP) is 3.56. The number of nitrogens with zero attached hydrogens (tertiary/aromatic N) is 2. The van der Waals surface area contributed by atoms with Crippen molar-refractivity contribution >= 4 is 22.0 Å². The molecule has 2 heterocycles. The second kappa shape index (κ2) is 10.6. The normalized spacial score (nSPS) is 16.2. The summed E-state index contributed by atoms with van der Waals surface area (Å²) in [5, 5.41) is 5.00. The largest absolute Gasteiger partial charge is 0.573 e. The number of ether oxygens (including phenoxy) is 2. The summed E-state index contributed by atoms with van der Waals surface area (Å²) in [5.74, 6) is -1.94. The van der Waals surface area contributed by atoms with Gasteiger partial charge >= 0.3 is 12.5 Å². The van der Waals surface area contributed by atoms with Crippen molar-refractivity contribution in [3.05, 3.63) is 70.6 Å². The molecule has 4 rings (SSSR count). The lowest BCUT2D eigenvalue weighted by Gasteiger charge is -2.37. The molecule has 0 saturated heterocycles. The van der Waals surface area contributed by atoms with Gasteiger partial charge in [-0.2, -0.15) is 0 Å². The number of carbonyl (C=O) groups excluding carboxylic acids is 2. The van der Waals surface area contributed by atoms with Crippen LogP contribution < -0.4 is 9.88 Å². The van der Waals surface area contributed by atoms with E-state index in [1.165, 1.54) is 21.9 Å². The molecule has 0 radical (unpaired) electrons. The molecule has 2 aromatic carbocycles. The topological polar surface area (TPSA) is 119 Å². The average molecular weight is 558 g/mol. The van der Waals surface area contributed by atoms with Crippen molar-refractivity contribution in [2.24, 2.45) is 5.14 Å². The van der Waals surface area contributed by atoms with Crippen LogP contribution in [0.25, 0.3) is 0 Å². The summed E-state index contributed by atoms with van der Waals surface area (Å²) in [6.07, 6.45) is -4.44. The first-order valence-electron chi connectivity index (χ1n) is 11.4. The lowest BCUT2D eigenvalue weighted by atomic mass is 9.93. The third-order valence-corrected chi connectivity index (χ3v) is 7.11. The maximum atomic E-state index is 14.5. The van der Waals surface area contributed by atoms with E-state index in [1.807, 2.05) is 0 Å². The zero-order valence-electron chi connectivity index (χ0n) is 19.8. The summed E-state index contributed by atoms with van der Waals surface area (Å²) < 4.78 is 83.2. The highest BCUT2D eigenvalue weighted by molar-refractivity contribution is 7.89. The number of alkyl halides is 3. The fourth-order valence-electron chi connectivity index (χ4n) is 4.26. The molecular formula is C24H23F4N3O6S. The Kier molecular flexibility index (Phi) is 7.65. The second-order valence-corrected chi connectivity index (χ2v) is 10.3. The van der Waals surface area contributed by atoms with E-state index in [1.54, 1.807) is 0 Å². The van der Waals surface area contributed by atoms with E-state index in [9.17, 15) is 35.6 Å². The molecule has 0 saturated carbocycles. The van der Waals surface area contributed by atoms with E-state index in [0.29, 0.717) is 37.6 Å². The van der Waals surface area contributed by atoms with E-state index in [2.05, 4.69) is 4.74 Å². The van der Waals surface area contributed by atoms with Crippen LogP contribution in [0.2, 0.25) is 0 Å². The van der Waals surface area contributed by atoms with Crippen molar-refractivity contribution < 1.29 is 45.0 Å². The highest BCUT2D eigenvalue weighted by atomic mass is 32.2. The number of sulfonamides is 1. The van der Waals surface area contributed by atoms with Gasteiger partial charge < -0.3 is 19.3 Å². The first kappa shape index (κ1) is 27.4. The maximum absolute atomic E-state index is 14.5. The molecule has 38 heavy (non-hydrogen) atoms. The van der Waals surface area contributed by atoms with Crippen LogP contribution in [0.4, 0.5) is 22.4 Å². The average Bonchev–Trinajstić information content (AvgIpc) is 2.85. The van der Waals surface area contributed by atoms with Crippen molar-refractivity contribution in [3.63, 3.8) is 0 Å². The molecular weight excluding hydrogens is 534 g/mol. The van der Waals surface area contributed by atoms with Gasteiger partial charge in [0, 0.05) is 26.2 Å². The number of hydrogen-bond acceptors (Lipinski definition) is 6. The third-order valence-electron chi connectivity index (χ3n) is 6.19. The fourth-order valence-corrected chi connectivity index (χ4v) is 4.79. The van der Waals surface area contributed by atoms with Crippen LogP contribution in [0.15, 0.2) is 58.5 Å². The minimum Gasteiger partial charge on any atom is -0.445 e. The Morgan fingerprint density at radius 3 is 2.13 bits per heavy atom. The number of amides is 2. The lowest BCUT2D eigenvalue weighted by Crippen LogP contribution is -2.44. The van der Waals surface area contributed by atoms with Crippen molar-refractivity contribution in [2.45, 2.75) is 30.7 Å². The van der Waals surface area contributed by atoms with Crippen LogP contribution in [0.1, 0.15) is 28.8 Å². The monoisotopic (exact) mass is 557 g/mol. The standard InChI is InChI=1S/C24H23F4N3O6S/c25-21-11-19(38(29,34)35)5-6-20(21)22(32)30-9-7-17-13-31(10-8-16(17)12-30)23(33)36-14-15-1-3-18(4-2-15)37-24(26,27)28/h1-6,11H,7-10,12-14H2,(H2,29,34,35). The smallest absolute Gasteiger partial charge is 0.445 e. The minimum atomic E-state index is -4.79. The second-order valence-electron chi connectivity index (χ2n) is 8.79. The van der Waals surface area contributed by atoms with Crippen LogP contribution >= 0.6 is 0 Å². The summed E-state index contributed by atoms with van der Waals surface area (Å²) in [4.78, 5) is 28.0. The van der Waals surface area contributed by atoms with E-state index in [4.69, 9.17) is 9.88 Å². The number of carbonyl (C=O) groups is 2. The molecule has 2 aromatic rings. The highest BCUT2D eigenvalue weighted by Crippen LogP contribution is 2.28. The van der Waals surface area contributed by atoms with Crippen LogP contribution in [0, 0.1) is 5.82 Å². The van der Waals surface area contributed by atoms with Crippen LogP contribution in [0.5, 0.6) is 5.75 Å². The van der Waals surface area contributed by atoms with Gasteiger partial charge in [-0.05, 0) is 59.9 Å². The number of rotatable bonds is 5. The summed E-state index contributed by atoms with van der Waals surface area (Å²) in [7, 11) is -4.11. The van der Waals surface area contributed by atoms with Gasteiger partial charge in [0.05, 0.1) is 10.5 Å². The minimum absolute atomic E-state index is 0.133. The molecule has 9 nitrogen and oxygen atoms in total. The van der Waals surface area contributed by atoms with E-state index >= 15 is 0 Å². The first-order valence-corrected chi connectivity index (χ1v) is 12.9.